The molecule has 4 bridgehead atoms. The number of ether oxygens (including phenoxy) is 7. The summed E-state index contributed by atoms with van der Waals surface area (Å²) in [6, 6.07) is 13.3. The SMILES string of the molecule is Cc1c(Cl)c2c(Cl)c(C)c1-c1c(-c3ccc(F)cc3)sc3ncnc(c13)O[C@@H](C(=O)O)Cc1cc(ccc1OCc1ccnc([C@H]3CC[C@H](COC[C@@H]4COCCO4)CC3)n1)OC[C@@H](CN1CCN(C)CC1)O2. The molecule has 3 aromatic carbocycles. The number of benzene rings is 3. The lowest BCUT2D eigenvalue weighted by atomic mass is 9.82. The number of hydrogen-bond acceptors (Lipinski definition) is 15. The zero-order chi connectivity index (χ0) is 50.6. The Morgan fingerprint density at radius 2 is 1.67 bits per heavy atom. The molecule has 386 valence electrons. The van der Waals surface area contributed by atoms with Crippen molar-refractivity contribution in [1.29, 1.82) is 0 Å². The molecule has 0 amide bonds. The van der Waals surface area contributed by atoms with Gasteiger partial charge >= 0.3 is 5.97 Å². The molecular weight excluding hydrogens is 999 g/mol. The van der Waals surface area contributed by atoms with Crippen LogP contribution in [0.4, 0.5) is 4.39 Å². The van der Waals surface area contributed by atoms with E-state index in [0.717, 1.165) is 57.7 Å². The number of thiophene rings is 1. The van der Waals surface area contributed by atoms with Crippen LogP contribution >= 0.6 is 34.5 Å². The van der Waals surface area contributed by atoms with Gasteiger partial charge in [-0.3, -0.25) is 4.90 Å². The second-order valence-electron chi connectivity index (χ2n) is 19.3. The fraction of sp³-hybridized carbons (Fsp3) is 0.463. The maximum Gasteiger partial charge on any atom is 0.345 e. The Balaban J connectivity index is 0.968. The smallest absolute Gasteiger partial charge is 0.345 e. The van der Waals surface area contributed by atoms with Crippen molar-refractivity contribution in [3.63, 3.8) is 0 Å². The Morgan fingerprint density at radius 3 is 2.41 bits per heavy atom. The van der Waals surface area contributed by atoms with Crippen LogP contribution in [-0.2, 0) is 32.0 Å². The van der Waals surface area contributed by atoms with E-state index in [0.29, 0.717) is 127 Å². The predicted molar refractivity (Wildman–Crippen MR) is 276 cm³/mol. The molecule has 3 fully saturated rings. The van der Waals surface area contributed by atoms with Gasteiger partial charge in [-0.05, 0) is 111 Å². The van der Waals surface area contributed by atoms with Crippen molar-refractivity contribution in [2.45, 2.75) is 76.8 Å². The van der Waals surface area contributed by atoms with Crippen LogP contribution in [0.2, 0.25) is 10.0 Å². The maximum atomic E-state index is 14.4. The average Bonchev–Trinajstić information content (AvgIpc) is 3.79. The maximum absolute atomic E-state index is 14.4. The minimum Gasteiger partial charge on any atom is -0.490 e. The number of aliphatic carboxylic acids is 1. The van der Waals surface area contributed by atoms with E-state index in [4.69, 9.17) is 61.3 Å². The van der Waals surface area contributed by atoms with Crippen molar-refractivity contribution in [3.05, 3.63) is 105 Å². The molecule has 11 rings (SSSR count). The Hall–Kier alpha value is -5.24. The minimum atomic E-state index is -1.46. The lowest BCUT2D eigenvalue weighted by molar-refractivity contribution is -0.145. The van der Waals surface area contributed by atoms with Gasteiger partial charge in [0, 0.05) is 73.9 Å². The molecule has 19 heteroatoms. The summed E-state index contributed by atoms with van der Waals surface area (Å²) in [7, 11) is 2.11. The Kier molecular flexibility index (Phi) is 16.2. The Morgan fingerprint density at radius 1 is 0.890 bits per heavy atom. The van der Waals surface area contributed by atoms with Crippen LogP contribution in [-0.4, -0.2) is 139 Å². The quantitative estimate of drug-likeness (QED) is 0.123. The topological polar surface area (TPSA) is 160 Å². The van der Waals surface area contributed by atoms with Gasteiger partial charge in [-0.1, -0.05) is 35.3 Å². The molecule has 0 spiro atoms. The first kappa shape index (κ1) is 51.3. The molecule has 3 atom stereocenters. The third kappa shape index (κ3) is 11.8. The second-order valence-corrected chi connectivity index (χ2v) is 21.1. The molecule has 1 aliphatic carbocycles. The van der Waals surface area contributed by atoms with Gasteiger partial charge in [0.25, 0.3) is 0 Å². The van der Waals surface area contributed by atoms with Crippen LogP contribution in [0.15, 0.2) is 61.1 Å². The molecule has 5 aliphatic rings. The fourth-order valence-corrected chi connectivity index (χ4v) is 11.8. The zero-order valence-corrected chi connectivity index (χ0v) is 43.4. The van der Waals surface area contributed by atoms with Gasteiger partial charge in [0.1, 0.15) is 59.7 Å². The van der Waals surface area contributed by atoms with E-state index in [2.05, 4.69) is 31.8 Å². The lowest BCUT2D eigenvalue weighted by Gasteiger charge is -2.35. The third-order valence-electron chi connectivity index (χ3n) is 14.2. The molecule has 0 radical (unpaired) electrons. The van der Waals surface area contributed by atoms with E-state index >= 15 is 0 Å². The van der Waals surface area contributed by atoms with Gasteiger partial charge in [0.2, 0.25) is 12.0 Å². The molecule has 0 unspecified atom stereocenters. The van der Waals surface area contributed by atoms with E-state index in [1.165, 1.54) is 29.8 Å². The monoisotopic (exact) mass is 1060 g/mol. The van der Waals surface area contributed by atoms with Crippen molar-refractivity contribution < 1.29 is 47.4 Å². The number of rotatable bonds is 12. The van der Waals surface area contributed by atoms with Crippen molar-refractivity contribution in [2.75, 3.05) is 79.4 Å². The van der Waals surface area contributed by atoms with E-state index < -0.39 is 24.0 Å². The molecule has 6 aromatic rings. The number of carboxylic acids is 1. The van der Waals surface area contributed by atoms with Crippen LogP contribution < -0.4 is 18.9 Å². The molecule has 1 N–H and O–H groups in total. The summed E-state index contributed by atoms with van der Waals surface area (Å²) in [5, 5.41) is 12.0. The normalized spacial score (nSPS) is 22.0. The van der Waals surface area contributed by atoms with Gasteiger partial charge in [-0.2, -0.15) is 0 Å². The number of piperazine rings is 1. The van der Waals surface area contributed by atoms with Gasteiger partial charge in [-0.15, -0.1) is 11.3 Å². The van der Waals surface area contributed by atoms with Crippen molar-refractivity contribution in [1.82, 2.24) is 29.7 Å². The fourth-order valence-electron chi connectivity index (χ4n) is 10.1. The first-order valence-corrected chi connectivity index (χ1v) is 26.5. The largest absolute Gasteiger partial charge is 0.490 e. The molecule has 4 aliphatic heterocycles. The summed E-state index contributed by atoms with van der Waals surface area (Å²) in [6.45, 7) is 11.0. The average molecular weight is 1060 g/mol. The van der Waals surface area contributed by atoms with Crippen LogP contribution in [0.5, 0.6) is 23.1 Å². The summed E-state index contributed by atoms with van der Waals surface area (Å²) < 4.78 is 58.2. The van der Waals surface area contributed by atoms with Crippen LogP contribution in [0.1, 0.15) is 59.8 Å². The van der Waals surface area contributed by atoms with Crippen molar-refractivity contribution >= 4 is 50.7 Å². The molecule has 73 heavy (non-hydrogen) atoms. The highest BCUT2D eigenvalue weighted by Crippen LogP contribution is 2.53. The van der Waals surface area contributed by atoms with Crippen molar-refractivity contribution in [3.8, 4) is 44.7 Å². The molecular formula is C54H59Cl2FN6O9S. The van der Waals surface area contributed by atoms with Gasteiger partial charge in [0.05, 0.1) is 47.6 Å². The van der Waals surface area contributed by atoms with E-state index in [1.807, 2.05) is 19.9 Å². The summed E-state index contributed by atoms with van der Waals surface area (Å²) in [4.78, 5) is 38.1. The highest BCUT2D eigenvalue weighted by atomic mass is 35.5. The first-order chi connectivity index (χ1) is 35.4. The number of halogens is 3. The number of likely N-dealkylation sites (N-methyl/N-ethyl adjacent to an activating group) is 1. The number of nitrogens with zero attached hydrogens (tertiary/aromatic N) is 6. The summed E-state index contributed by atoms with van der Waals surface area (Å²) in [5.41, 5.74) is 4.51. The summed E-state index contributed by atoms with van der Waals surface area (Å²) in [6.07, 6.45) is 4.92. The highest BCUT2D eigenvalue weighted by Gasteiger charge is 2.33. The molecule has 15 nitrogen and oxygen atoms in total. The van der Waals surface area contributed by atoms with Gasteiger partial charge < -0.3 is 43.2 Å². The number of hydrogen-bond donors (Lipinski definition) is 1. The molecule has 7 heterocycles. The van der Waals surface area contributed by atoms with Crippen molar-refractivity contribution in [2.24, 2.45) is 5.92 Å². The highest BCUT2D eigenvalue weighted by molar-refractivity contribution is 7.22. The van der Waals surface area contributed by atoms with Gasteiger partial charge in [0.15, 0.2) is 5.75 Å². The van der Waals surface area contributed by atoms with Crippen LogP contribution in [0.3, 0.4) is 0 Å². The zero-order valence-electron chi connectivity index (χ0n) is 41.1. The number of fused-ring (bicyclic) bond motifs is 7. The van der Waals surface area contributed by atoms with Crippen LogP contribution in [0, 0.1) is 25.6 Å². The third-order valence-corrected chi connectivity index (χ3v) is 16.3. The number of aromatic nitrogens is 4. The summed E-state index contributed by atoms with van der Waals surface area (Å²) in [5.74, 6) is 1.10. The predicted octanol–water partition coefficient (Wildman–Crippen LogP) is 9.62. The first-order valence-electron chi connectivity index (χ1n) is 24.9. The van der Waals surface area contributed by atoms with E-state index in [1.54, 1.807) is 36.5 Å². The molecule has 2 saturated heterocycles. The standard InChI is InChI=1S/C54H59Cl2FN6O9S/c1-31-44-32(2)48(56)49(47(31)55)71-40(24-63-18-16-62(3)17-19-63)29-69-39-12-13-42(70-26-38-14-15-58-51(61-38)35-6-4-33(5-7-35)25-67-28-41-27-66-20-21-68-41)36(22-39)23-43(54(64)65)72-52-46-45(44)50(73-53(46)60-30-59-52)34-8-10-37(57)11-9-34/h8-15,22,30,33,35,40-41,43H,4-7,16-21,23-29H2,1-3H3,(H,64,65)/t33-,35-,40-,41+,43-/m1/s1. The van der Waals surface area contributed by atoms with E-state index in [-0.39, 0.29) is 37.5 Å². The Labute approximate surface area is 437 Å². The minimum absolute atomic E-state index is 0.00415. The van der Waals surface area contributed by atoms with E-state index in [9.17, 15) is 14.3 Å². The number of carbonyl (C=O) groups is 1. The van der Waals surface area contributed by atoms with Crippen LogP contribution in [0.25, 0.3) is 31.8 Å². The molecule has 1 saturated carbocycles. The van der Waals surface area contributed by atoms with Gasteiger partial charge in [-0.25, -0.2) is 29.1 Å². The Bertz CT molecular complexity index is 2880. The molecule has 3 aromatic heterocycles. The number of carboxylic acid groups (broad SMARTS) is 1. The lowest BCUT2D eigenvalue weighted by Crippen LogP contribution is -2.49. The summed E-state index contributed by atoms with van der Waals surface area (Å²) >= 11 is 16.0. The second kappa shape index (κ2) is 23.1.